The van der Waals surface area contributed by atoms with Crippen molar-refractivity contribution in [2.24, 2.45) is 7.05 Å². The molecule has 136 valence electrons. The van der Waals surface area contributed by atoms with Gasteiger partial charge in [-0.2, -0.15) is 0 Å². The summed E-state index contributed by atoms with van der Waals surface area (Å²) in [6, 6.07) is 8.27. The predicted octanol–water partition coefficient (Wildman–Crippen LogP) is 2.94. The number of benzene rings is 1. The zero-order chi connectivity index (χ0) is 18.9. The number of amides is 1. The third-order valence-corrected chi connectivity index (χ3v) is 3.49. The van der Waals surface area contributed by atoms with Crippen LogP contribution in [-0.2, 0) is 7.05 Å². The minimum atomic E-state index is -0.524. The van der Waals surface area contributed by atoms with Crippen LogP contribution in [0, 0.1) is 0 Å². The Labute approximate surface area is 149 Å². The molecule has 2 heterocycles. The summed E-state index contributed by atoms with van der Waals surface area (Å²) in [5.41, 5.74) is 0.382. The van der Waals surface area contributed by atoms with Gasteiger partial charge in [-0.3, -0.25) is 4.57 Å². The van der Waals surface area contributed by atoms with Crippen molar-refractivity contribution in [3.05, 3.63) is 47.0 Å². The van der Waals surface area contributed by atoms with E-state index in [0.29, 0.717) is 28.4 Å². The molecule has 0 fully saturated rings. The summed E-state index contributed by atoms with van der Waals surface area (Å²) in [6.45, 7) is 5.61. The van der Waals surface area contributed by atoms with Crippen LogP contribution in [-0.4, -0.2) is 26.2 Å². The number of pyridine rings is 1. The third-order valence-electron chi connectivity index (χ3n) is 3.49. The van der Waals surface area contributed by atoms with Crippen LogP contribution >= 0.6 is 0 Å². The number of ether oxygens (including phenoxy) is 2. The Bertz CT molecular complexity index is 997. The van der Waals surface area contributed by atoms with Gasteiger partial charge in [0.15, 0.2) is 11.4 Å². The van der Waals surface area contributed by atoms with Crippen molar-refractivity contribution < 1.29 is 14.3 Å². The zero-order valence-electron chi connectivity index (χ0n) is 15.0. The van der Waals surface area contributed by atoms with Gasteiger partial charge >= 0.3 is 11.8 Å². The van der Waals surface area contributed by atoms with Crippen LogP contribution in [0.3, 0.4) is 0 Å². The predicted molar refractivity (Wildman–Crippen MR) is 96.8 cm³/mol. The maximum Gasteiger partial charge on any atom is 0.413 e. The van der Waals surface area contributed by atoms with Gasteiger partial charge < -0.3 is 19.8 Å². The number of aromatic amines is 1. The molecule has 0 unspecified atom stereocenters. The van der Waals surface area contributed by atoms with Crippen LogP contribution < -0.4 is 20.5 Å². The number of aryl methyl sites for hydroxylation is 1. The maximum absolute atomic E-state index is 11.8. The van der Waals surface area contributed by atoms with Gasteiger partial charge in [0.05, 0.1) is 0 Å². The van der Waals surface area contributed by atoms with E-state index < -0.39 is 6.09 Å². The van der Waals surface area contributed by atoms with Gasteiger partial charge in [0.2, 0.25) is 0 Å². The van der Waals surface area contributed by atoms with E-state index in [1.54, 1.807) is 43.6 Å². The average Bonchev–Trinajstić information content (AvgIpc) is 2.84. The maximum atomic E-state index is 11.8. The quantitative estimate of drug-likeness (QED) is 0.752. The summed E-state index contributed by atoms with van der Waals surface area (Å²) in [5, 5.41) is 2.71. The van der Waals surface area contributed by atoms with Crippen LogP contribution in [0.15, 0.2) is 41.3 Å². The number of carbonyl (C=O) groups excluding carboxylic acids is 1. The van der Waals surface area contributed by atoms with E-state index in [2.05, 4.69) is 15.3 Å². The lowest BCUT2D eigenvalue weighted by Crippen LogP contribution is -2.42. The average molecular weight is 356 g/mol. The zero-order valence-corrected chi connectivity index (χ0v) is 15.0. The molecule has 0 spiro atoms. The van der Waals surface area contributed by atoms with Crippen molar-refractivity contribution in [3.63, 3.8) is 0 Å². The van der Waals surface area contributed by atoms with Crippen molar-refractivity contribution >= 4 is 17.3 Å². The van der Waals surface area contributed by atoms with Crippen molar-refractivity contribution in [3.8, 4) is 17.2 Å². The first kappa shape index (κ1) is 17.5. The summed E-state index contributed by atoms with van der Waals surface area (Å²) >= 11 is 0. The Hall–Kier alpha value is -3.29. The summed E-state index contributed by atoms with van der Waals surface area (Å²) in [5.74, 6) is 1.41. The molecular weight excluding hydrogens is 336 g/mol. The summed E-state index contributed by atoms with van der Waals surface area (Å²) in [7, 11) is 1.63. The second kappa shape index (κ2) is 6.55. The summed E-state index contributed by atoms with van der Waals surface area (Å²) < 4.78 is 12.4. The molecule has 3 aromatic rings. The topological polar surface area (TPSA) is 98.2 Å². The number of aromatic nitrogens is 3. The Morgan fingerprint density at radius 3 is 2.46 bits per heavy atom. The minimum Gasteiger partial charge on any atom is -0.455 e. The molecule has 3 rings (SSSR count). The molecule has 0 bridgehead atoms. The number of nitrogens with one attached hydrogen (secondary N) is 2. The first-order valence-electron chi connectivity index (χ1n) is 8.04. The second-order valence-corrected chi connectivity index (χ2v) is 6.83. The second-order valence-electron chi connectivity index (χ2n) is 6.83. The van der Waals surface area contributed by atoms with E-state index in [9.17, 15) is 9.59 Å². The number of fused-ring (bicyclic) bond motifs is 1. The molecule has 0 radical (unpaired) electrons. The summed E-state index contributed by atoms with van der Waals surface area (Å²) in [6.07, 6.45) is 1.04. The van der Waals surface area contributed by atoms with E-state index >= 15 is 0 Å². The van der Waals surface area contributed by atoms with E-state index in [0.717, 1.165) is 0 Å². The highest BCUT2D eigenvalue weighted by atomic mass is 16.6. The molecule has 0 saturated heterocycles. The largest absolute Gasteiger partial charge is 0.455 e. The van der Waals surface area contributed by atoms with Gasteiger partial charge in [-0.1, -0.05) is 0 Å². The fraction of sp³-hybridized carbons (Fsp3) is 0.278. The Balaban J connectivity index is 1.75. The molecule has 0 aliphatic heterocycles. The van der Waals surface area contributed by atoms with Gasteiger partial charge in [-0.25, -0.2) is 14.6 Å². The SMILES string of the molecule is Cn1c(=O)[nH]c2c(Oc3ccc(OC(=O)NC(C)(C)C)cc3)ccnc21. The molecule has 8 nitrogen and oxygen atoms in total. The normalized spacial score (nSPS) is 11.4. The molecule has 0 aliphatic carbocycles. The van der Waals surface area contributed by atoms with Crippen LogP contribution in [0.4, 0.5) is 4.79 Å². The van der Waals surface area contributed by atoms with Gasteiger partial charge in [0.25, 0.3) is 0 Å². The monoisotopic (exact) mass is 356 g/mol. The Kier molecular flexibility index (Phi) is 4.41. The third kappa shape index (κ3) is 3.85. The summed E-state index contributed by atoms with van der Waals surface area (Å²) in [4.78, 5) is 30.4. The molecule has 2 N–H and O–H groups in total. The van der Waals surface area contributed by atoms with Crippen LogP contribution in [0.1, 0.15) is 20.8 Å². The number of nitrogens with zero attached hydrogens (tertiary/aromatic N) is 2. The van der Waals surface area contributed by atoms with Crippen LogP contribution in [0.2, 0.25) is 0 Å². The van der Waals surface area contributed by atoms with E-state index in [-0.39, 0.29) is 11.2 Å². The van der Waals surface area contributed by atoms with Crippen LogP contribution in [0.5, 0.6) is 17.2 Å². The standard InChI is InChI=1S/C18H20N4O4/c1-18(2,3)21-17(24)26-12-7-5-11(6-8-12)25-13-9-10-19-15-14(13)20-16(23)22(15)4/h5-10H,1-4H3,(H,20,23)(H,21,24). The molecule has 0 aliphatic rings. The fourth-order valence-corrected chi connectivity index (χ4v) is 2.32. The van der Waals surface area contributed by atoms with E-state index in [1.165, 1.54) is 4.57 Å². The van der Waals surface area contributed by atoms with Crippen LogP contribution in [0.25, 0.3) is 11.2 Å². The number of imidazole rings is 1. The number of hydrogen-bond donors (Lipinski definition) is 2. The number of H-pyrrole nitrogens is 1. The van der Waals surface area contributed by atoms with Gasteiger partial charge in [0, 0.05) is 24.8 Å². The molecule has 1 aromatic carbocycles. The number of hydrogen-bond acceptors (Lipinski definition) is 5. The molecule has 1 amide bonds. The molecular formula is C18H20N4O4. The lowest BCUT2D eigenvalue weighted by Gasteiger charge is -2.19. The molecule has 8 heteroatoms. The van der Waals surface area contributed by atoms with Crippen molar-refractivity contribution in [2.75, 3.05) is 0 Å². The van der Waals surface area contributed by atoms with Gasteiger partial charge in [-0.15, -0.1) is 0 Å². The van der Waals surface area contributed by atoms with Gasteiger partial charge in [-0.05, 0) is 45.0 Å². The van der Waals surface area contributed by atoms with Gasteiger partial charge in [0.1, 0.15) is 17.0 Å². The fourth-order valence-electron chi connectivity index (χ4n) is 2.32. The minimum absolute atomic E-state index is 0.267. The number of carbonyl (C=O) groups is 1. The number of rotatable bonds is 3. The highest BCUT2D eigenvalue weighted by Crippen LogP contribution is 2.28. The molecule has 2 aromatic heterocycles. The van der Waals surface area contributed by atoms with E-state index in [4.69, 9.17) is 9.47 Å². The Morgan fingerprint density at radius 1 is 1.15 bits per heavy atom. The first-order chi connectivity index (χ1) is 12.2. The first-order valence-corrected chi connectivity index (χ1v) is 8.04. The van der Waals surface area contributed by atoms with E-state index in [1.807, 2.05) is 20.8 Å². The lowest BCUT2D eigenvalue weighted by molar-refractivity contribution is 0.190. The molecule has 26 heavy (non-hydrogen) atoms. The highest BCUT2D eigenvalue weighted by molar-refractivity contribution is 5.78. The van der Waals surface area contributed by atoms with Crippen molar-refractivity contribution in [1.29, 1.82) is 0 Å². The van der Waals surface area contributed by atoms with Crippen molar-refractivity contribution in [1.82, 2.24) is 19.9 Å². The molecule has 0 saturated carbocycles. The lowest BCUT2D eigenvalue weighted by atomic mass is 10.1. The van der Waals surface area contributed by atoms with Crippen molar-refractivity contribution in [2.45, 2.75) is 26.3 Å². The molecule has 0 atom stereocenters. The Morgan fingerprint density at radius 2 is 1.81 bits per heavy atom. The highest BCUT2D eigenvalue weighted by Gasteiger charge is 2.15. The smallest absolute Gasteiger partial charge is 0.413 e.